The van der Waals surface area contributed by atoms with Gasteiger partial charge in [0.15, 0.2) is 0 Å². The number of rotatable bonds is 6. The minimum Gasteiger partial charge on any atom is -0.399 e. The van der Waals surface area contributed by atoms with Crippen LogP contribution in [0, 0.1) is 0 Å². The van der Waals surface area contributed by atoms with E-state index in [4.69, 9.17) is 11.5 Å². The molecular formula is C16H18BrN3O. The van der Waals surface area contributed by atoms with Gasteiger partial charge in [0.25, 0.3) is 0 Å². The third-order valence-corrected chi connectivity index (χ3v) is 3.86. The van der Waals surface area contributed by atoms with Crippen molar-refractivity contribution in [3.63, 3.8) is 0 Å². The lowest BCUT2D eigenvalue weighted by Gasteiger charge is -2.21. The third kappa shape index (κ3) is 4.88. The van der Waals surface area contributed by atoms with Crippen LogP contribution in [0.4, 0.5) is 5.69 Å². The molecule has 4 N–H and O–H groups in total. The molecule has 0 saturated carbocycles. The maximum atomic E-state index is 11.3. The predicted molar refractivity (Wildman–Crippen MR) is 88.3 cm³/mol. The number of hydrogen-bond acceptors (Lipinski definition) is 3. The van der Waals surface area contributed by atoms with Crippen molar-refractivity contribution in [2.75, 3.05) is 12.3 Å². The van der Waals surface area contributed by atoms with Gasteiger partial charge in [0.2, 0.25) is 5.91 Å². The van der Waals surface area contributed by atoms with Gasteiger partial charge in [0.1, 0.15) is 0 Å². The lowest BCUT2D eigenvalue weighted by atomic mass is 10.1. The Labute approximate surface area is 132 Å². The number of carbonyl (C=O) groups is 1. The summed E-state index contributed by atoms with van der Waals surface area (Å²) in [6, 6.07) is 15.6. The molecule has 5 heteroatoms. The van der Waals surface area contributed by atoms with Crippen LogP contribution in [-0.4, -0.2) is 17.4 Å². The summed E-state index contributed by atoms with van der Waals surface area (Å²) in [5.41, 5.74) is 14.0. The first-order valence-electron chi connectivity index (χ1n) is 6.63. The molecule has 0 spiro atoms. The Bertz CT molecular complexity index is 630. The zero-order valence-electron chi connectivity index (χ0n) is 11.6. The molecule has 2 aromatic rings. The largest absolute Gasteiger partial charge is 0.399 e. The van der Waals surface area contributed by atoms with Gasteiger partial charge < -0.3 is 11.5 Å². The highest BCUT2D eigenvalue weighted by Crippen LogP contribution is 2.19. The van der Waals surface area contributed by atoms with Crippen LogP contribution in [0.1, 0.15) is 11.1 Å². The number of benzene rings is 2. The van der Waals surface area contributed by atoms with Crippen LogP contribution in [0.25, 0.3) is 0 Å². The van der Waals surface area contributed by atoms with Gasteiger partial charge >= 0.3 is 0 Å². The second kappa shape index (κ2) is 7.24. The van der Waals surface area contributed by atoms with Gasteiger partial charge in [-0.05, 0) is 29.3 Å². The number of carbonyl (C=O) groups excluding carboxylic acids is 1. The number of anilines is 1. The van der Waals surface area contributed by atoms with Gasteiger partial charge in [-0.1, -0.05) is 46.3 Å². The molecule has 2 aromatic carbocycles. The van der Waals surface area contributed by atoms with E-state index >= 15 is 0 Å². The zero-order chi connectivity index (χ0) is 15.2. The molecule has 0 heterocycles. The van der Waals surface area contributed by atoms with Crippen LogP contribution in [0.15, 0.2) is 53.0 Å². The standard InChI is InChI=1S/C16H18BrN3O/c17-15-7-2-1-5-13(15)10-20(11-16(19)21)9-12-4-3-6-14(18)8-12/h1-8H,9-11,18H2,(H2,19,21). The van der Waals surface area contributed by atoms with Crippen molar-refractivity contribution in [2.45, 2.75) is 13.1 Å². The second-order valence-electron chi connectivity index (χ2n) is 4.95. The Kier molecular flexibility index (Phi) is 5.36. The number of amides is 1. The predicted octanol–water partition coefficient (Wildman–Crippen LogP) is 2.52. The lowest BCUT2D eigenvalue weighted by Crippen LogP contribution is -2.33. The fraction of sp³-hybridized carbons (Fsp3) is 0.188. The van der Waals surface area contributed by atoms with E-state index < -0.39 is 0 Å². The van der Waals surface area contributed by atoms with Crippen LogP contribution in [0.3, 0.4) is 0 Å². The van der Waals surface area contributed by atoms with Crippen LogP contribution < -0.4 is 11.5 Å². The van der Waals surface area contributed by atoms with E-state index in [9.17, 15) is 4.79 Å². The smallest absolute Gasteiger partial charge is 0.231 e. The maximum absolute atomic E-state index is 11.3. The summed E-state index contributed by atoms with van der Waals surface area (Å²) < 4.78 is 1.02. The van der Waals surface area contributed by atoms with Crippen molar-refractivity contribution in [3.8, 4) is 0 Å². The molecule has 1 amide bonds. The average Bonchev–Trinajstić information content (AvgIpc) is 2.40. The molecule has 0 aliphatic rings. The Morgan fingerprint density at radius 2 is 1.86 bits per heavy atom. The first-order chi connectivity index (χ1) is 10.0. The van der Waals surface area contributed by atoms with Gasteiger partial charge in [-0.2, -0.15) is 0 Å². The Hall–Kier alpha value is -1.85. The van der Waals surface area contributed by atoms with Crippen LogP contribution in [0.5, 0.6) is 0 Å². The Balaban J connectivity index is 2.15. The Morgan fingerprint density at radius 1 is 1.10 bits per heavy atom. The van der Waals surface area contributed by atoms with Crippen LogP contribution in [0.2, 0.25) is 0 Å². The number of nitrogen functional groups attached to an aromatic ring is 1. The first-order valence-corrected chi connectivity index (χ1v) is 7.42. The highest BCUT2D eigenvalue weighted by Gasteiger charge is 2.11. The summed E-state index contributed by atoms with van der Waals surface area (Å²) in [5.74, 6) is -0.342. The molecule has 0 saturated heterocycles. The molecule has 2 rings (SSSR count). The molecule has 0 radical (unpaired) electrons. The van der Waals surface area contributed by atoms with Crippen molar-refractivity contribution in [3.05, 3.63) is 64.1 Å². The minimum atomic E-state index is -0.342. The molecule has 0 unspecified atom stereocenters. The highest BCUT2D eigenvalue weighted by atomic mass is 79.9. The van der Waals surface area contributed by atoms with E-state index in [0.29, 0.717) is 18.8 Å². The number of halogens is 1. The van der Waals surface area contributed by atoms with E-state index in [-0.39, 0.29) is 12.5 Å². The van der Waals surface area contributed by atoms with E-state index in [2.05, 4.69) is 15.9 Å². The quantitative estimate of drug-likeness (QED) is 0.788. The zero-order valence-corrected chi connectivity index (χ0v) is 13.2. The molecule has 0 aromatic heterocycles. The lowest BCUT2D eigenvalue weighted by molar-refractivity contribution is -0.119. The third-order valence-electron chi connectivity index (χ3n) is 3.09. The fourth-order valence-electron chi connectivity index (χ4n) is 2.21. The molecule has 0 atom stereocenters. The summed E-state index contributed by atoms with van der Waals surface area (Å²) in [4.78, 5) is 13.3. The van der Waals surface area contributed by atoms with Crippen molar-refractivity contribution in [2.24, 2.45) is 5.73 Å². The van der Waals surface area contributed by atoms with Gasteiger partial charge in [0, 0.05) is 23.2 Å². The normalized spacial score (nSPS) is 10.8. The summed E-state index contributed by atoms with van der Waals surface area (Å²) in [6.45, 7) is 1.46. The molecule has 110 valence electrons. The number of primary amides is 1. The average molecular weight is 348 g/mol. The molecule has 21 heavy (non-hydrogen) atoms. The van der Waals surface area contributed by atoms with Gasteiger partial charge in [-0.15, -0.1) is 0 Å². The molecule has 4 nitrogen and oxygen atoms in total. The minimum absolute atomic E-state index is 0.204. The summed E-state index contributed by atoms with van der Waals surface area (Å²) in [7, 11) is 0. The topological polar surface area (TPSA) is 72.4 Å². The summed E-state index contributed by atoms with van der Waals surface area (Å²) in [6.07, 6.45) is 0. The van der Waals surface area contributed by atoms with Crippen molar-refractivity contribution >= 4 is 27.5 Å². The second-order valence-corrected chi connectivity index (χ2v) is 5.80. The first kappa shape index (κ1) is 15.5. The fourth-order valence-corrected chi connectivity index (χ4v) is 2.62. The highest BCUT2D eigenvalue weighted by molar-refractivity contribution is 9.10. The van der Waals surface area contributed by atoms with Crippen molar-refractivity contribution in [1.29, 1.82) is 0 Å². The van der Waals surface area contributed by atoms with Gasteiger partial charge in [0.05, 0.1) is 6.54 Å². The molecule has 0 aliphatic carbocycles. The maximum Gasteiger partial charge on any atom is 0.231 e. The number of nitrogens with zero attached hydrogens (tertiary/aromatic N) is 1. The Morgan fingerprint density at radius 3 is 2.52 bits per heavy atom. The van der Waals surface area contributed by atoms with Crippen LogP contribution >= 0.6 is 15.9 Å². The molecule has 0 aliphatic heterocycles. The molecule has 0 bridgehead atoms. The van der Waals surface area contributed by atoms with E-state index in [0.717, 1.165) is 15.6 Å². The summed E-state index contributed by atoms with van der Waals surface area (Å²) >= 11 is 3.53. The van der Waals surface area contributed by atoms with E-state index in [1.165, 1.54) is 0 Å². The van der Waals surface area contributed by atoms with Gasteiger partial charge in [-0.3, -0.25) is 9.69 Å². The number of nitrogens with two attached hydrogens (primary N) is 2. The van der Waals surface area contributed by atoms with E-state index in [1.54, 1.807) is 0 Å². The van der Waals surface area contributed by atoms with E-state index in [1.807, 2.05) is 53.4 Å². The number of hydrogen-bond donors (Lipinski definition) is 2. The van der Waals surface area contributed by atoms with Crippen LogP contribution in [-0.2, 0) is 17.9 Å². The molecular weight excluding hydrogens is 330 g/mol. The SMILES string of the molecule is NC(=O)CN(Cc1cccc(N)c1)Cc1ccccc1Br. The van der Waals surface area contributed by atoms with Crippen molar-refractivity contribution in [1.82, 2.24) is 4.90 Å². The monoisotopic (exact) mass is 347 g/mol. The van der Waals surface area contributed by atoms with Gasteiger partial charge in [-0.25, -0.2) is 0 Å². The summed E-state index contributed by atoms with van der Waals surface area (Å²) in [5, 5.41) is 0. The molecule has 0 fully saturated rings. The van der Waals surface area contributed by atoms with Crippen molar-refractivity contribution < 1.29 is 4.79 Å².